The molecule has 1 atom stereocenters. The van der Waals surface area contributed by atoms with Gasteiger partial charge in [-0.1, -0.05) is 0 Å². The Morgan fingerprint density at radius 1 is 1.31 bits per heavy atom. The first-order valence-corrected chi connectivity index (χ1v) is 12.2. The molecule has 3 aromatic rings. The maximum Gasteiger partial charge on any atom is 0.227 e. The van der Waals surface area contributed by atoms with Gasteiger partial charge in [-0.2, -0.15) is 0 Å². The number of ether oxygens (including phenoxy) is 2. The number of imidazole rings is 1. The summed E-state index contributed by atoms with van der Waals surface area (Å²) in [5.74, 6) is 1.37. The zero-order valence-electron chi connectivity index (χ0n) is 20.6. The molecule has 0 spiro atoms. The molecule has 2 aliphatic rings. The molecule has 184 valence electrons. The molecule has 1 amide bonds. The summed E-state index contributed by atoms with van der Waals surface area (Å²) in [6.07, 6.45) is 8.69. The Balaban J connectivity index is 1.42. The van der Waals surface area contributed by atoms with Crippen LogP contribution >= 0.6 is 0 Å². The number of methoxy groups -OCH3 is 1. The van der Waals surface area contributed by atoms with Crippen LogP contribution in [0.5, 0.6) is 5.75 Å². The third-order valence-corrected chi connectivity index (χ3v) is 6.74. The number of amides is 1. The lowest BCUT2D eigenvalue weighted by molar-refractivity contribution is -0.129. The molecule has 1 unspecified atom stereocenters. The monoisotopic (exact) mass is 476 g/mol. The van der Waals surface area contributed by atoms with E-state index in [1.54, 1.807) is 20.4 Å². The minimum absolute atomic E-state index is 0.0863. The molecule has 9 nitrogen and oxygen atoms in total. The molecule has 1 N–H and O–H groups in total. The number of nitrogens with one attached hydrogen (secondary N) is 1. The average Bonchev–Trinajstić information content (AvgIpc) is 3.54. The van der Waals surface area contributed by atoms with E-state index in [9.17, 15) is 4.79 Å². The molecule has 0 radical (unpaired) electrons. The summed E-state index contributed by atoms with van der Waals surface area (Å²) in [5, 5.41) is 3.38. The topological polar surface area (TPSA) is 94.4 Å². The zero-order chi connectivity index (χ0) is 24.4. The third-order valence-electron chi connectivity index (χ3n) is 6.74. The van der Waals surface area contributed by atoms with E-state index in [0.717, 1.165) is 78.5 Å². The van der Waals surface area contributed by atoms with Gasteiger partial charge < -0.3 is 24.3 Å². The van der Waals surface area contributed by atoms with E-state index in [0.29, 0.717) is 19.0 Å². The molecule has 0 saturated carbocycles. The third kappa shape index (κ3) is 5.14. The smallest absolute Gasteiger partial charge is 0.227 e. The molecule has 1 saturated heterocycles. The van der Waals surface area contributed by atoms with Gasteiger partial charge in [-0.05, 0) is 44.7 Å². The van der Waals surface area contributed by atoms with Crippen molar-refractivity contribution >= 4 is 17.5 Å². The molecule has 1 fully saturated rings. The summed E-state index contributed by atoms with van der Waals surface area (Å²) < 4.78 is 13.4. The van der Waals surface area contributed by atoms with E-state index < -0.39 is 0 Å². The fourth-order valence-corrected chi connectivity index (χ4v) is 4.83. The van der Waals surface area contributed by atoms with Crippen molar-refractivity contribution in [1.29, 1.82) is 0 Å². The number of nitrogens with zero attached hydrogens (tertiary/aromatic N) is 5. The normalized spacial score (nSPS) is 17.3. The second-order valence-corrected chi connectivity index (χ2v) is 9.22. The number of carbonyl (C=O) groups excluding carboxylic acids is 1. The van der Waals surface area contributed by atoms with Crippen LogP contribution in [0.15, 0.2) is 30.7 Å². The van der Waals surface area contributed by atoms with E-state index in [4.69, 9.17) is 19.4 Å². The van der Waals surface area contributed by atoms with Crippen molar-refractivity contribution in [2.45, 2.75) is 58.6 Å². The predicted octanol–water partition coefficient (Wildman–Crippen LogP) is 3.74. The molecular formula is C26H32N6O3. The second-order valence-electron chi connectivity index (χ2n) is 9.22. The van der Waals surface area contributed by atoms with E-state index in [2.05, 4.69) is 10.3 Å². The van der Waals surface area contributed by atoms with Gasteiger partial charge in [0.15, 0.2) is 0 Å². The Labute approximate surface area is 205 Å². The fourth-order valence-electron chi connectivity index (χ4n) is 4.83. The SMILES string of the molecule is COc1cc(Nc2nc(CCC3CCCO3)c3c(n2)CCN(C(C)=O)C3)ccc1-n1cnc(C)c1. The quantitative estimate of drug-likeness (QED) is 0.555. The van der Waals surface area contributed by atoms with Crippen LogP contribution in [-0.4, -0.2) is 56.7 Å². The molecule has 0 bridgehead atoms. The maximum atomic E-state index is 12.0. The van der Waals surface area contributed by atoms with Crippen molar-refractivity contribution in [3.05, 3.63) is 53.4 Å². The summed E-state index contributed by atoms with van der Waals surface area (Å²) >= 11 is 0. The van der Waals surface area contributed by atoms with Crippen molar-refractivity contribution in [3.8, 4) is 11.4 Å². The van der Waals surface area contributed by atoms with E-state index >= 15 is 0 Å². The number of anilines is 2. The first-order chi connectivity index (χ1) is 17.0. The van der Waals surface area contributed by atoms with Crippen molar-refractivity contribution in [2.24, 2.45) is 0 Å². The van der Waals surface area contributed by atoms with Crippen LogP contribution < -0.4 is 10.1 Å². The van der Waals surface area contributed by atoms with Crippen molar-refractivity contribution < 1.29 is 14.3 Å². The molecular weight excluding hydrogens is 444 g/mol. The molecule has 2 aliphatic heterocycles. The fraction of sp³-hybridized carbons (Fsp3) is 0.462. The van der Waals surface area contributed by atoms with Gasteiger partial charge in [0.2, 0.25) is 11.9 Å². The highest BCUT2D eigenvalue weighted by Crippen LogP contribution is 2.30. The van der Waals surface area contributed by atoms with E-state index in [1.807, 2.05) is 40.8 Å². The second kappa shape index (κ2) is 10.0. The minimum atomic E-state index is 0.0863. The molecule has 9 heteroatoms. The lowest BCUT2D eigenvalue weighted by Crippen LogP contribution is -2.35. The molecule has 35 heavy (non-hydrogen) atoms. The number of hydrogen-bond acceptors (Lipinski definition) is 7. The predicted molar refractivity (Wildman–Crippen MR) is 132 cm³/mol. The number of aromatic nitrogens is 4. The van der Waals surface area contributed by atoms with Gasteiger partial charge in [0, 0.05) is 56.6 Å². The summed E-state index contributed by atoms with van der Waals surface area (Å²) in [5.41, 5.74) is 5.78. The maximum absolute atomic E-state index is 12.0. The Hall–Kier alpha value is -3.46. The van der Waals surface area contributed by atoms with Crippen molar-refractivity contribution in [2.75, 3.05) is 25.6 Å². The molecule has 2 aromatic heterocycles. The summed E-state index contributed by atoms with van der Waals surface area (Å²) in [6.45, 7) is 5.66. The van der Waals surface area contributed by atoms with Gasteiger partial charge >= 0.3 is 0 Å². The lowest BCUT2D eigenvalue weighted by Gasteiger charge is -2.29. The van der Waals surface area contributed by atoms with Crippen molar-refractivity contribution in [3.63, 3.8) is 0 Å². The van der Waals surface area contributed by atoms with Gasteiger partial charge in [0.1, 0.15) is 5.75 Å². The number of carbonyl (C=O) groups is 1. The van der Waals surface area contributed by atoms with Gasteiger partial charge in [-0.15, -0.1) is 0 Å². The number of hydrogen-bond donors (Lipinski definition) is 1. The highest BCUT2D eigenvalue weighted by Gasteiger charge is 2.25. The van der Waals surface area contributed by atoms with Gasteiger partial charge in [0.25, 0.3) is 0 Å². The molecule has 5 rings (SSSR count). The Kier molecular flexibility index (Phi) is 6.68. The summed E-state index contributed by atoms with van der Waals surface area (Å²) in [6, 6.07) is 5.92. The first-order valence-electron chi connectivity index (χ1n) is 12.2. The van der Waals surface area contributed by atoms with Crippen LogP contribution in [0, 0.1) is 6.92 Å². The van der Waals surface area contributed by atoms with Crippen LogP contribution in [0.4, 0.5) is 11.6 Å². The van der Waals surface area contributed by atoms with Crippen LogP contribution in [0.25, 0.3) is 5.69 Å². The van der Waals surface area contributed by atoms with Crippen LogP contribution in [0.2, 0.25) is 0 Å². The van der Waals surface area contributed by atoms with E-state index in [1.165, 1.54) is 0 Å². The zero-order valence-corrected chi connectivity index (χ0v) is 20.6. The minimum Gasteiger partial charge on any atom is -0.494 e. The molecule has 0 aliphatic carbocycles. The number of aryl methyl sites for hydroxylation is 2. The Bertz CT molecular complexity index is 1220. The lowest BCUT2D eigenvalue weighted by atomic mass is 9.99. The summed E-state index contributed by atoms with van der Waals surface area (Å²) in [4.78, 5) is 27.9. The van der Waals surface area contributed by atoms with Crippen LogP contribution in [-0.2, 0) is 28.9 Å². The van der Waals surface area contributed by atoms with Crippen LogP contribution in [0.1, 0.15) is 48.8 Å². The summed E-state index contributed by atoms with van der Waals surface area (Å²) in [7, 11) is 1.66. The largest absolute Gasteiger partial charge is 0.494 e. The Morgan fingerprint density at radius 3 is 2.91 bits per heavy atom. The molecule has 1 aromatic carbocycles. The highest BCUT2D eigenvalue weighted by molar-refractivity contribution is 5.73. The number of benzene rings is 1. The van der Waals surface area contributed by atoms with E-state index in [-0.39, 0.29) is 12.0 Å². The Morgan fingerprint density at radius 2 is 2.20 bits per heavy atom. The van der Waals surface area contributed by atoms with Gasteiger partial charge in [-0.3, -0.25) is 4.79 Å². The highest BCUT2D eigenvalue weighted by atomic mass is 16.5. The first kappa shape index (κ1) is 23.3. The average molecular weight is 477 g/mol. The standard InChI is InChI=1S/C26H32N6O3/c1-17-14-32(16-27-17)24-9-6-19(13-25(24)34-3)28-26-29-22(8-7-20-5-4-12-35-20)21-15-31(18(2)33)11-10-23(21)30-26/h6,9,13-14,16,20H,4-5,7-8,10-12,15H2,1-3H3,(H,28,29,30). The van der Waals surface area contributed by atoms with Gasteiger partial charge in [-0.25, -0.2) is 15.0 Å². The number of fused-ring (bicyclic) bond motifs is 1. The van der Waals surface area contributed by atoms with Crippen LogP contribution in [0.3, 0.4) is 0 Å². The molecule has 4 heterocycles. The van der Waals surface area contributed by atoms with Gasteiger partial charge in [0.05, 0.1) is 42.3 Å². The van der Waals surface area contributed by atoms with Crippen molar-refractivity contribution in [1.82, 2.24) is 24.4 Å². The number of rotatable bonds is 7.